The van der Waals surface area contributed by atoms with Gasteiger partial charge in [-0.05, 0) is 36.2 Å². The maximum atomic E-state index is 13.8. The number of amides is 2. The number of methoxy groups -OCH3 is 2. The Bertz CT molecular complexity index is 781. The minimum absolute atomic E-state index is 0.224. The molecule has 7 heteroatoms. The van der Waals surface area contributed by atoms with E-state index >= 15 is 0 Å². The topological polar surface area (TPSA) is 74.3 Å². The summed E-state index contributed by atoms with van der Waals surface area (Å²) in [6.45, 7) is 4.46. The number of carbonyl (C=O) groups is 2. The van der Waals surface area contributed by atoms with Crippen LogP contribution in [0.5, 0.6) is 0 Å². The molecule has 5 atom stereocenters. The first-order valence-corrected chi connectivity index (χ1v) is 10.1. The zero-order chi connectivity index (χ0) is 20.8. The predicted molar refractivity (Wildman–Crippen MR) is 103 cm³/mol. The minimum Gasteiger partial charge on any atom is -0.414 e. The van der Waals surface area contributed by atoms with Gasteiger partial charge in [-0.25, -0.2) is 9.69 Å². The molecule has 7 nitrogen and oxygen atoms in total. The summed E-state index contributed by atoms with van der Waals surface area (Å²) >= 11 is 0. The normalized spacial score (nSPS) is 35.2. The smallest absolute Gasteiger partial charge is 0.414 e. The first kappa shape index (κ1) is 20.3. The van der Waals surface area contributed by atoms with Crippen LogP contribution in [0, 0.1) is 16.7 Å². The van der Waals surface area contributed by atoms with Gasteiger partial charge in [0.05, 0.1) is 18.1 Å². The number of rotatable bonds is 6. The lowest BCUT2D eigenvalue weighted by Crippen LogP contribution is -2.56. The van der Waals surface area contributed by atoms with Gasteiger partial charge >= 0.3 is 6.09 Å². The molecule has 0 N–H and O–H groups in total. The van der Waals surface area contributed by atoms with E-state index in [1.165, 1.54) is 7.11 Å². The van der Waals surface area contributed by atoms with Crippen LogP contribution in [-0.2, 0) is 30.3 Å². The Morgan fingerprint density at radius 1 is 1.21 bits per heavy atom. The van der Waals surface area contributed by atoms with Gasteiger partial charge < -0.3 is 18.9 Å². The van der Waals surface area contributed by atoms with Gasteiger partial charge in [-0.3, -0.25) is 4.79 Å². The molecule has 0 unspecified atom stereocenters. The molecule has 1 heterocycles. The number of hydrogen-bond acceptors (Lipinski definition) is 6. The molecule has 0 spiro atoms. The van der Waals surface area contributed by atoms with Crippen molar-refractivity contribution in [3.63, 3.8) is 0 Å². The van der Waals surface area contributed by atoms with Gasteiger partial charge in [-0.2, -0.15) is 0 Å². The van der Waals surface area contributed by atoms with E-state index in [4.69, 9.17) is 18.9 Å². The Hall–Kier alpha value is -1.96. The van der Waals surface area contributed by atoms with E-state index < -0.39 is 24.0 Å². The van der Waals surface area contributed by atoms with E-state index in [2.05, 4.69) is 13.8 Å². The average molecular weight is 403 g/mol. The summed E-state index contributed by atoms with van der Waals surface area (Å²) in [5, 5.41) is 0. The molecule has 29 heavy (non-hydrogen) atoms. The third-order valence-corrected chi connectivity index (χ3v) is 7.39. The molecule has 2 aliphatic carbocycles. The van der Waals surface area contributed by atoms with Gasteiger partial charge in [0.1, 0.15) is 0 Å². The fourth-order valence-electron chi connectivity index (χ4n) is 5.65. The summed E-state index contributed by atoms with van der Waals surface area (Å²) in [7, 11) is 3.09. The van der Waals surface area contributed by atoms with E-state index in [1.807, 2.05) is 30.3 Å². The molecule has 4 rings (SSSR count). The third-order valence-electron chi connectivity index (χ3n) is 7.39. The summed E-state index contributed by atoms with van der Waals surface area (Å²) in [6, 6.07) is 9.57. The highest BCUT2D eigenvalue weighted by Crippen LogP contribution is 2.67. The van der Waals surface area contributed by atoms with Crippen molar-refractivity contribution >= 4 is 12.0 Å². The zero-order valence-corrected chi connectivity index (χ0v) is 17.4. The molecule has 1 aromatic carbocycles. The molecule has 1 aromatic rings. The number of benzene rings is 1. The van der Waals surface area contributed by atoms with Crippen LogP contribution in [0.2, 0.25) is 0 Å². The Morgan fingerprint density at radius 3 is 2.55 bits per heavy atom. The van der Waals surface area contributed by atoms with Gasteiger partial charge in [0.2, 0.25) is 12.1 Å². The van der Waals surface area contributed by atoms with Crippen molar-refractivity contribution in [2.75, 3.05) is 14.2 Å². The number of hydrogen-bond donors (Lipinski definition) is 0. The average Bonchev–Trinajstić information content (AvgIpc) is 3.27. The monoisotopic (exact) mass is 403 g/mol. The fraction of sp³-hybridized carbons (Fsp3) is 0.636. The lowest BCUT2D eigenvalue weighted by Gasteiger charge is -2.42. The number of carbonyl (C=O) groups excluding carboxylic acids is 2. The molecular weight excluding hydrogens is 374 g/mol. The molecule has 1 aliphatic heterocycles. The molecule has 0 radical (unpaired) electrons. The second kappa shape index (κ2) is 7.38. The molecule has 1 saturated heterocycles. The maximum Gasteiger partial charge on any atom is 0.421 e. The lowest BCUT2D eigenvalue weighted by molar-refractivity contribution is -0.181. The van der Waals surface area contributed by atoms with Crippen LogP contribution >= 0.6 is 0 Å². The van der Waals surface area contributed by atoms with E-state index in [-0.39, 0.29) is 24.0 Å². The summed E-state index contributed by atoms with van der Waals surface area (Å²) in [5.74, 6) is 0.109. The molecule has 3 aliphatic rings. The number of ether oxygens (including phenoxy) is 4. The lowest BCUT2D eigenvalue weighted by atomic mass is 9.67. The number of cyclic esters (lactones) is 1. The van der Waals surface area contributed by atoms with Crippen LogP contribution < -0.4 is 0 Å². The Morgan fingerprint density at radius 2 is 1.93 bits per heavy atom. The van der Waals surface area contributed by atoms with Crippen LogP contribution in [0.25, 0.3) is 0 Å². The summed E-state index contributed by atoms with van der Waals surface area (Å²) < 4.78 is 22.4. The molecule has 158 valence electrons. The van der Waals surface area contributed by atoms with Gasteiger partial charge in [-0.1, -0.05) is 44.2 Å². The van der Waals surface area contributed by atoms with Crippen molar-refractivity contribution in [1.29, 1.82) is 0 Å². The van der Waals surface area contributed by atoms with Crippen molar-refractivity contribution in [2.45, 2.75) is 58.3 Å². The number of nitrogens with zero attached hydrogens (tertiary/aromatic N) is 1. The summed E-state index contributed by atoms with van der Waals surface area (Å²) in [4.78, 5) is 27.7. The Labute approximate surface area is 171 Å². The first-order valence-electron chi connectivity index (χ1n) is 10.1. The number of imide groups is 1. The van der Waals surface area contributed by atoms with E-state index in [9.17, 15) is 9.59 Å². The highest BCUT2D eigenvalue weighted by molar-refractivity contribution is 5.98. The van der Waals surface area contributed by atoms with Gasteiger partial charge in [-0.15, -0.1) is 0 Å². The Balaban J connectivity index is 1.57. The van der Waals surface area contributed by atoms with Crippen molar-refractivity contribution in [3.8, 4) is 0 Å². The van der Waals surface area contributed by atoms with Crippen molar-refractivity contribution in [3.05, 3.63) is 35.9 Å². The van der Waals surface area contributed by atoms with Crippen LogP contribution in [0.1, 0.15) is 38.7 Å². The molecular formula is C22H29NO6. The molecule has 2 bridgehead atoms. The molecule has 2 amide bonds. The van der Waals surface area contributed by atoms with Gasteiger partial charge in [0.15, 0.2) is 0 Å². The SMILES string of the molecule is CO[C@H]1[C@H](OCc2ccccc2)OC(=O)N1C(=O)[C@]12CC[C@H](C[C@H]1OC)C2(C)C. The Kier molecular flexibility index (Phi) is 5.17. The zero-order valence-electron chi connectivity index (χ0n) is 17.4. The quantitative estimate of drug-likeness (QED) is 0.725. The first-order chi connectivity index (χ1) is 13.9. The van der Waals surface area contributed by atoms with Crippen LogP contribution in [0.4, 0.5) is 4.79 Å². The maximum absolute atomic E-state index is 13.8. The van der Waals surface area contributed by atoms with E-state index in [0.29, 0.717) is 12.3 Å². The van der Waals surface area contributed by atoms with Crippen molar-refractivity contribution in [2.24, 2.45) is 16.7 Å². The van der Waals surface area contributed by atoms with E-state index in [0.717, 1.165) is 23.3 Å². The molecule has 3 fully saturated rings. The van der Waals surface area contributed by atoms with Gasteiger partial charge in [0.25, 0.3) is 6.29 Å². The largest absolute Gasteiger partial charge is 0.421 e. The minimum atomic E-state index is -0.976. The molecule has 0 aromatic heterocycles. The standard InChI is InChI=1S/C22H29NO6/c1-21(2)15-10-11-22(21,16(12-15)26-3)19(24)23-17(27-4)18(29-20(23)25)28-13-14-8-6-5-7-9-14/h5-9,15-18H,10-13H2,1-4H3/t15-,16-,17+,18-,22+/m1/s1. The highest BCUT2D eigenvalue weighted by atomic mass is 16.7. The van der Waals surface area contributed by atoms with Crippen LogP contribution in [0.15, 0.2) is 30.3 Å². The summed E-state index contributed by atoms with van der Waals surface area (Å²) in [5.41, 5.74) is -0.0974. The highest BCUT2D eigenvalue weighted by Gasteiger charge is 2.70. The second-order valence-electron chi connectivity index (χ2n) is 8.74. The third kappa shape index (κ3) is 2.90. The number of fused-ring (bicyclic) bond motifs is 2. The van der Waals surface area contributed by atoms with Crippen molar-refractivity contribution < 1.29 is 28.5 Å². The van der Waals surface area contributed by atoms with E-state index in [1.54, 1.807) is 7.11 Å². The van der Waals surface area contributed by atoms with Gasteiger partial charge in [0, 0.05) is 14.2 Å². The van der Waals surface area contributed by atoms with Crippen molar-refractivity contribution in [1.82, 2.24) is 4.90 Å². The second-order valence-corrected chi connectivity index (χ2v) is 8.74. The van der Waals surface area contributed by atoms with Crippen LogP contribution in [-0.4, -0.2) is 49.7 Å². The van der Waals surface area contributed by atoms with Crippen LogP contribution in [0.3, 0.4) is 0 Å². The predicted octanol–water partition coefficient (Wildman–Crippen LogP) is 3.32. The fourth-order valence-corrected chi connectivity index (χ4v) is 5.65. The summed E-state index contributed by atoms with van der Waals surface area (Å²) in [6.07, 6.45) is -0.389. The molecule has 2 saturated carbocycles.